The zero-order valence-electron chi connectivity index (χ0n) is 15.2. The van der Waals surface area contributed by atoms with E-state index in [4.69, 9.17) is 21.1 Å². The van der Waals surface area contributed by atoms with Crippen LogP contribution in [0.15, 0.2) is 42.5 Å². The maximum Gasteiger partial charge on any atom is 0.305 e. The van der Waals surface area contributed by atoms with Gasteiger partial charge in [-0.3, -0.25) is 4.79 Å². The number of benzene rings is 2. The molecule has 0 aliphatic heterocycles. The molecule has 3 rings (SSSR count). The van der Waals surface area contributed by atoms with Crippen LogP contribution in [0.2, 0.25) is 5.02 Å². The summed E-state index contributed by atoms with van der Waals surface area (Å²) in [6.07, 6.45) is 0.981. The molecule has 0 radical (unpaired) electrons. The summed E-state index contributed by atoms with van der Waals surface area (Å²) in [6.45, 7) is 2.80. The Morgan fingerprint density at radius 3 is 2.50 bits per heavy atom. The Labute approximate surface area is 158 Å². The predicted molar refractivity (Wildman–Crippen MR) is 104 cm³/mol. The molecule has 1 heterocycles. The first-order valence-electron chi connectivity index (χ1n) is 8.50. The molecule has 136 valence electrons. The van der Waals surface area contributed by atoms with Gasteiger partial charge in [-0.1, -0.05) is 23.7 Å². The largest absolute Gasteiger partial charge is 0.497 e. The number of carbonyl (C=O) groups is 1. The molecule has 0 amide bonds. The number of halogens is 1. The monoisotopic (exact) mass is 371 g/mol. The molecule has 0 aliphatic carbocycles. The molecular weight excluding hydrogens is 350 g/mol. The van der Waals surface area contributed by atoms with E-state index in [9.17, 15) is 4.79 Å². The van der Waals surface area contributed by atoms with Gasteiger partial charge in [-0.05, 0) is 54.8 Å². The van der Waals surface area contributed by atoms with Gasteiger partial charge < -0.3 is 14.0 Å². The lowest BCUT2D eigenvalue weighted by atomic mass is 10.1. The van der Waals surface area contributed by atoms with Gasteiger partial charge in [0.25, 0.3) is 0 Å². The number of hydrogen-bond donors (Lipinski definition) is 0. The van der Waals surface area contributed by atoms with Crippen molar-refractivity contribution < 1.29 is 14.3 Å². The molecule has 4 nitrogen and oxygen atoms in total. The summed E-state index contributed by atoms with van der Waals surface area (Å²) in [5.74, 6) is 0.619. The number of methoxy groups -OCH3 is 2. The van der Waals surface area contributed by atoms with Gasteiger partial charge in [-0.25, -0.2) is 0 Å². The average molecular weight is 372 g/mol. The SMILES string of the molecule is COC(=O)CCc1c(C)c2cc(OC)ccc2n1Cc1ccc(Cl)cc1. The van der Waals surface area contributed by atoms with Crippen molar-refractivity contribution in [2.45, 2.75) is 26.3 Å². The van der Waals surface area contributed by atoms with E-state index < -0.39 is 0 Å². The number of rotatable bonds is 6. The molecule has 0 aliphatic rings. The van der Waals surface area contributed by atoms with Crippen molar-refractivity contribution in [3.8, 4) is 5.75 Å². The first-order chi connectivity index (χ1) is 12.5. The van der Waals surface area contributed by atoms with Crippen LogP contribution in [-0.2, 0) is 22.5 Å². The standard InChI is InChI=1S/C21H22ClNO3/c1-14-18-12-17(25-2)8-9-20(18)23(19(14)10-11-21(24)26-3)13-15-4-6-16(22)7-5-15/h4-9,12H,10-11,13H2,1-3H3. The zero-order chi connectivity index (χ0) is 18.7. The number of fused-ring (bicyclic) bond motifs is 1. The summed E-state index contributed by atoms with van der Waals surface area (Å²) in [5, 5.41) is 1.86. The molecule has 26 heavy (non-hydrogen) atoms. The highest BCUT2D eigenvalue weighted by molar-refractivity contribution is 6.30. The molecule has 1 aromatic heterocycles. The van der Waals surface area contributed by atoms with Gasteiger partial charge in [0.05, 0.1) is 20.6 Å². The second-order valence-electron chi connectivity index (χ2n) is 6.24. The minimum Gasteiger partial charge on any atom is -0.497 e. The Balaban J connectivity index is 2.07. The summed E-state index contributed by atoms with van der Waals surface area (Å²) < 4.78 is 12.4. The Morgan fingerprint density at radius 2 is 1.85 bits per heavy atom. The number of ether oxygens (including phenoxy) is 2. The number of esters is 1. The van der Waals surface area contributed by atoms with Crippen molar-refractivity contribution in [3.05, 3.63) is 64.3 Å². The quantitative estimate of drug-likeness (QED) is 0.586. The van der Waals surface area contributed by atoms with Gasteiger partial charge in [0.2, 0.25) is 0 Å². The number of hydrogen-bond acceptors (Lipinski definition) is 3. The van der Waals surface area contributed by atoms with Crippen molar-refractivity contribution in [3.63, 3.8) is 0 Å². The maximum atomic E-state index is 11.7. The Bertz CT molecular complexity index is 929. The van der Waals surface area contributed by atoms with Gasteiger partial charge in [0.1, 0.15) is 5.75 Å². The third-order valence-electron chi connectivity index (χ3n) is 4.70. The highest BCUT2D eigenvalue weighted by atomic mass is 35.5. The van der Waals surface area contributed by atoms with Crippen LogP contribution in [0.25, 0.3) is 10.9 Å². The average Bonchev–Trinajstić information content (AvgIpc) is 2.92. The molecule has 0 atom stereocenters. The number of nitrogens with zero attached hydrogens (tertiary/aromatic N) is 1. The van der Waals surface area contributed by atoms with E-state index in [1.54, 1.807) is 7.11 Å². The van der Waals surface area contributed by atoms with E-state index in [0.717, 1.165) is 38.5 Å². The first kappa shape index (κ1) is 18.3. The lowest BCUT2D eigenvalue weighted by Crippen LogP contribution is -2.09. The second kappa shape index (κ2) is 7.83. The molecule has 0 unspecified atom stereocenters. The molecule has 3 aromatic rings. The normalized spacial score (nSPS) is 10.9. The number of aromatic nitrogens is 1. The third kappa shape index (κ3) is 3.70. The van der Waals surface area contributed by atoms with Gasteiger partial charge in [-0.15, -0.1) is 0 Å². The van der Waals surface area contributed by atoms with Gasteiger partial charge in [0, 0.05) is 28.2 Å². The highest BCUT2D eigenvalue weighted by Gasteiger charge is 2.16. The van der Waals surface area contributed by atoms with Crippen LogP contribution >= 0.6 is 11.6 Å². The van der Waals surface area contributed by atoms with Crippen LogP contribution in [0.5, 0.6) is 5.75 Å². The molecule has 0 fully saturated rings. The van der Waals surface area contributed by atoms with E-state index >= 15 is 0 Å². The van der Waals surface area contributed by atoms with E-state index in [0.29, 0.717) is 19.4 Å². The Kier molecular flexibility index (Phi) is 5.52. The lowest BCUT2D eigenvalue weighted by Gasteiger charge is -2.12. The smallest absolute Gasteiger partial charge is 0.305 e. The fraction of sp³-hybridized carbons (Fsp3) is 0.286. The third-order valence-corrected chi connectivity index (χ3v) is 4.96. The van der Waals surface area contributed by atoms with Crippen molar-refractivity contribution in [1.29, 1.82) is 0 Å². The highest BCUT2D eigenvalue weighted by Crippen LogP contribution is 2.31. The van der Waals surface area contributed by atoms with Crippen molar-refractivity contribution in [1.82, 2.24) is 4.57 Å². The minimum absolute atomic E-state index is 0.203. The number of aryl methyl sites for hydroxylation is 1. The van der Waals surface area contributed by atoms with Crippen LogP contribution in [-0.4, -0.2) is 24.8 Å². The van der Waals surface area contributed by atoms with Crippen LogP contribution in [0.4, 0.5) is 0 Å². The van der Waals surface area contributed by atoms with E-state index in [2.05, 4.69) is 17.6 Å². The Morgan fingerprint density at radius 1 is 1.12 bits per heavy atom. The summed E-state index contributed by atoms with van der Waals surface area (Å²) in [7, 11) is 3.09. The summed E-state index contributed by atoms with van der Waals surface area (Å²) >= 11 is 6.01. The molecule has 0 bridgehead atoms. The van der Waals surface area contributed by atoms with Gasteiger partial charge in [-0.2, -0.15) is 0 Å². The van der Waals surface area contributed by atoms with Crippen molar-refractivity contribution in [2.75, 3.05) is 14.2 Å². The topological polar surface area (TPSA) is 40.5 Å². The second-order valence-corrected chi connectivity index (χ2v) is 6.68. The van der Waals surface area contributed by atoms with E-state index in [1.807, 2.05) is 36.4 Å². The lowest BCUT2D eigenvalue weighted by molar-refractivity contribution is -0.140. The van der Waals surface area contributed by atoms with Crippen LogP contribution in [0, 0.1) is 6.92 Å². The number of carbonyl (C=O) groups excluding carboxylic acids is 1. The molecule has 0 spiro atoms. The fourth-order valence-electron chi connectivity index (χ4n) is 3.28. The summed E-state index contributed by atoms with van der Waals surface area (Å²) in [4.78, 5) is 11.7. The fourth-order valence-corrected chi connectivity index (χ4v) is 3.41. The van der Waals surface area contributed by atoms with Gasteiger partial charge >= 0.3 is 5.97 Å². The Hall–Kier alpha value is -2.46. The van der Waals surface area contributed by atoms with Gasteiger partial charge in [0.15, 0.2) is 0 Å². The molecular formula is C21H22ClNO3. The van der Waals surface area contributed by atoms with E-state index in [1.165, 1.54) is 7.11 Å². The molecule has 0 saturated carbocycles. The molecule has 0 N–H and O–H groups in total. The maximum absolute atomic E-state index is 11.7. The first-order valence-corrected chi connectivity index (χ1v) is 8.88. The van der Waals surface area contributed by atoms with E-state index in [-0.39, 0.29) is 5.97 Å². The molecule has 5 heteroatoms. The van der Waals surface area contributed by atoms with Crippen molar-refractivity contribution >= 4 is 28.5 Å². The van der Waals surface area contributed by atoms with Crippen LogP contribution in [0.1, 0.15) is 23.2 Å². The minimum atomic E-state index is -0.203. The van der Waals surface area contributed by atoms with Crippen molar-refractivity contribution in [2.24, 2.45) is 0 Å². The zero-order valence-corrected chi connectivity index (χ0v) is 16.0. The molecule has 0 saturated heterocycles. The van der Waals surface area contributed by atoms with Crippen LogP contribution in [0.3, 0.4) is 0 Å². The summed E-state index contributed by atoms with van der Waals surface area (Å²) in [6, 6.07) is 13.9. The van der Waals surface area contributed by atoms with Crippen LogP contribution < -0.4 is 4.74 Å². The summed E-state index contributed by atoms with van der Waals surface area (Å²) in [5.41, 5.74) is 4.57. The molecule has 2 aromatic carbocycles. The predicted octanol–water partition coefficient (Wildman–Crippen LogP) is 4.77.